The third-order valence-electron chi connectivity index (χ3n) is 4.69. The fourth-order valence-corrected chi connectivity index (χ4v) is 3.00. The molecule has 0 atom stereocenters. The number of ether oxygens (including phenoxy) is 1. The van der Waals surface area contributed by atoms with E-state index < -0.39 is 0 Å². The summed E-state index contributed by atoms with van der Waals surface area (Å²) < 4.78 is 10.7. The Morgan fingerprint density at radius 3 is 2.43 bits per heavy atom. The normalized spacial score (nSPS) is 11.3. The molecule has 0 fully saturated rings. The number of para-hydroxylation sites is 1. The Balaban J connectivity index is 1.73. The molecule has 0 spiro atoms. The number of aromatic nitrogens is 1. The molecule has 0 saturated carbocycles. The van der Waals surface area contributed by atoms with Crippen molar-refractivity contribution >= 4 is 5.91 Å². The Labute approximate surface area is 165 Å². The van der Waals surface area contributed by atoms with E-state index in [1.807, 2.05) is 24.3 Å². The highest BCUT2D eigenvalue weighted by molar-refractivity contribution is 5.93. The van der Waals surface area contributed by atoms with Crippen LogP contribution in [0.1, 0.15) is 42.4 Å². The van der Waals surface area contributed by atoms with E-state index in [1.165, 1.54) is 5.56 Å². The Morgan fingerprint density at radius 1 is 1.11 bits per heavy atom. The summed E-state index contributed by atoms with van der Waals surface area (Å²) in [5.74, 6) is 0.985. The molecule has 5 nitrogen and oxygen atoms in total. The van der Waals surface area contributed by atoms with E-state index in [4.69, 9.17) is 9.26 Å². The maximum atomic E-state index is 12.7. The third kappa shape index (κ3) is 4.25. The second-order valence-electron chi connectivity index (χ2n) is 7.88. The number of hydrogen-bond donors (Lipinski definition) is 0. The minimum absolute atomic E-state index is 0.107. The van der Waals surface area contributed by atoms with Crippen LogP contribution in [0, 0.1) is 0 Å². The molecule has 0 bridgehead atoms. The van der Waals surface area contributed by atoms with Gasteiger partial charge < -0.3 is 14.2 Å². The van der Waals surface area contributed by atoms with Gasteiger partial charge in [-0.05, 0) is 28.7 Å². The van der Waals surface area contributed by atoms with Crippen molar-refractivity contribution in [3.8, 4) is 17.1 Å². The maximum Gasteiger partial charge on any atom is 0.276 e. The number of carbonyl (C=O) groups is 1. The number of hydrogen-bond acceptors (Lipinski definition) is 4. The molecule has 3 aromatic rings. The number of rotatable bonds is 5. The van der Waals surface area contributed by atoms with Crippen molar-refractivity contribution in [2.75, 3.05) is 14.2 Å². The summed E-state index contributed by atoms with van der Waals surface area (Å²) in [5, 5.41) is 3.96. The van der Waals surface area contributed by atoms with Gasteiger partial charge in [0, 0.05) is 19.7 Å². The van der Waals surface area contributed by atoms with Crippen molar-refractivity contribution in [3.05, 3.63) is 71.4 Å². The van der Waals surface area contributed by atoms with E-state index in [0.717, 1.165) is 11.1 Å². The predicted octanol–water partition coefficient (Wildman–Crippen LogP) is 4.92. The molecule has 0 radical (unpaired) electrons. The first-order chi connectivity index (χ1) is 13.3. The number of nitrogens with zero attached hydrogens (tertiary/aromatic N) is 2. The average Bonchev–Trinajstić information content (AvgIpc) is 3.17. The summed E-state index contributed by atoms with van der Waals surface area (Å²) in [7, 11) is 3.36. The molecular formula is C23H26N2O3. The van der Waals surface area contributed by atoms with Gasteiger partial charge in [-0.25, -0.2) is 0 Å². The van der Waals surface area contributed by atoms with Gasteiger partial charge in [0.05, 0.1) is 12.7 Å². The molecule has 0 unspecified atom stereocenters. The highest BCUT2D eigenvalue weighted by atomic mass is 16.5. The van der Waals surface area contributed by atoms with E-state index in [0.29, 0.717) is 18.1 Å². The Bertz CT molecular complexity index is 952. The van der Waals surface area contributed by atoms with Crippen molar-refractivity contribution in [1.29, 1.82) is 0 Å². The zero-order chi connectivity index (χ0) is 20.3. The van der Waals surface area contributed by atoms with Crippen LogP contribution in [0.4, 0.5) is 0 Å². The fraction of sp³-hybridized carbons (Fsp3) is 0.304. The quantitative estimate of drug-likeness (QED) is 0.632. The van der Waals surface area contributed by atoms with Gasteiger partial charge in [0.2, 0.25) is 0 Å². The SMILES string of the molecule is COc1ccccc1-c1cc(C(=O)N(C)Cc2ccc(C(C)(C)C)cc2)no1. The summed E-state index contributed by atoms with van der Waals surface area (Å²) in [4.78, 5) is 14.4. The fourth-order valence-electron chi connectivity index (χ4n) is 3.00. The molecule has 146 valence electrons. The van der Waals surface area contributed by atoms with Crippen molar-refractivity contribution in [3.63, 3.8) is 0 Å². The van der Waals surface area contributed by atoms with Gasteiger partial charge in [-0.3, -0.25) is 4.79 Å². The summed E-state index contributed by atoms with van der Waals surface area (Å²) >= 11 is 0. The average molecular weight is 378 g/mol. The Morgan fingerprint density at radius 2 is 1.79 bits per heavy atom. The molecule has 3 rings (SSSR count). The summed E-state index contributed by atoms with van der Waals surface area (Å²) in [5.41, 5.74) is 3.47. The van der Waals surface area contributed by atoms with E-state index in [2.05, 4.69) is 50.2 Å². The second-order valence-corrected chi connectivity index (χ2v) is 7.88. The zero-order valence-corrected chi connectivity index (χ0v) is 17.0. The molecule has 0 N–H and O–H groups in total. The van der Waals surface area contributed by atoms with Gasteiger partial charge >= 0.3 is 0 Å². The maximum absolute atomic E-state index is 12.7. The molecule has 0 aliphatic heterocycles. The first-order valence-corrected chi connectivity index (χ1v) is 9.24. The molecule has 0 saturated heterocycles. The van der Waals surface area contributed by atoms with E-state index >= 15 is 0 Å². The molecule has 2 aromatic carbocycles. The van der Waals surface area contributed by atoms with Gasteiger partial charge in [-0.1, -0.05) is 62.3 Å². The van der Waals surface area contributed by atoms with E-state index in [1.54, 1.807) is 25.1 Å². The highest BCUT2D eigenvalue weighted by Crippen LogP contribution is 2.30. The minimum Gasteiger partial charge on any atom is -0.496 e. The molecule has 0 aliphatic carbocycles. The minimum atomic E-state index is -0.190. The van der Waals surface area contributed by atoms with Crippen LogP contribution >= 0.6 is 0 Å². The molecule has 28 heavy (non-hydrogen) atoms. The summed E-state index contributed by atoms with van der Waals surface area (Å²) in [6, 6.07) is 17.5. The van der Waals surface area contributed by atoms with Crippen LogP contribution in [0.5, 0.6) is 5.75 Å². The van der Waals surface area contributed by atoms with Crippen molar-refractivity contribution in [2.45, 2.75) is 32.7 Å². The molecule has 1 amide bonds. The smallest absolute Gasteiger partial charge is 0.276 e. The Kier molecular flexibility index (Phi) is 5.54. The lowest BCUT2D eigenvalue weighted by Gasteiger charge is -2.20. The predicted molar refractivity (Wildman–Crippen MR) is 109 cm³/mol. The summed E-state index contributed by atoms with van der Waals surface area (Å²) in [6.07, 6.45) is 0. The molecule has 5 heteroatoms. The topological polar surface area (TPSA) is 55.6 Å². The Hall–Kier alpha value is -3.08. The molecule has 1 heterocycles. The summed E-state index contributed by atoms with van der Waals surface area (Å²) in [6.45, 7) is 7.05. The molecular weight excluding hydrogens is 352 g/mol. The van der Waals surface area contributed by atoms with Crippen LogP contribution in [0.25, 0.3) is 11.3 Å². The zero-order valence-electron chi connectivity index (χ0n) is 17.0. The van der Waals surface area contributed by atoms with Crippen LogP contribution < -0.4 is 4.74 Å². The number of carbonyl (C=O) groups excluding carboxylic acids is 1. The van der Waals surface area contributed by atoms with E-state index in [-0.39, 0.29) is 17.0 Å². The lowest BCUT2D eigenvalue weighted by atomic mass is 9.87. The first kappa shape index (κ1) is 19.7. The molecule has 0 aliphatic rings. The highest BCUT2D eigenvalue weighted by Gasteiger charge is 2.20. The van der Waals surface area contributed by atoms with Gasteiger partial charge in [0.25, 0.3) is 5.91 Å². The van der Waals surface area contributed by atoms with Gasteiger partial charge in [0.15, 0.2) is 11.5 Å². The number of amides is 1. The third-order valence-corrected chi connectivity index (χ3v) is 4.69. The standard InChI is InChI=1S/C23H26N2O3/c1-23(2,3)17-12-10-16(11-13-17)15-25(4)22(26)19-14-21(28-24-19)18-8-6-7-9-20(18)27-5/h6-14H,15H2,1-5H3. The lowest BCUT2D eigenvalue weighted by molar-refractivity contribution is 0.0775. The number of methoxy groups -OCH3 is 1. The van der Waals surface area contributed by atoms with E-state index in [9.17, 15) is 4.79 Å². The van der Waals surface area contributed by atoms with Crippen LogP contribution in [0.3, 0.4) is 0 Å². The first-order valence-electron chi connectivity index (χ1n) is 9.24. The van der Waals surface area contributed by atoms with Crippen LogP contribution in [0.15, 0.2) is 59.1 Å². The van der Waals surface area contributed by atoms with Crippen molar-refractivity contribution in [2.24, 2.45) is 0 Å². The van der Waals surface area contributed by atoms with Crippen LogP contribution in [-0.2, 0) is 12.0 Å². The number of benzene rings is 2. The van der Waals surface area contributed by atoms with Crippen molar-refractivity contribution in [1.82, 2.24) is 10.1 Å². The van der Waals surface area contributed by atoms with Crippen LogP contribution in [-0.4, -0.2) is 30.1 Å². The van der Waals surface area contributed by atoms with Gasteiger partial charge in [-0.15, -0.1) is 0 Å². The van der Waals surface area contributed by atoms with Crippen LogP contribution in [0.2, 0.25) is 0 Å². The largest absolute Gasteiger partial charge is 0.496 e. The van der Waals surface area contributed by atoms with Crippen molar-refractivity contribution < 1.29 is 14.1 Å². The van der Waals surface area contributed by atoms with Gasteiger partial charge in [-0.2, -0.15) is 0 Å². The lowest BCUT2D eigenvalue weighted by Crippen LogP contribution is -2.26. The van der Waals surface area contributed by atoms with Gasteiger partial charge in [0.1, 0.15) is 5.75 Å². The second kappa shape index (κ2) is 7.89. The monoisotopic (exact) mass is 378 g/mol. The molecule has 1 aromatic heterocycles.